The minimum Gasteiger partial charge on any atom is -0.409 e. The number of nitrogens with two attached hydrogens (primary N) is 1. The first kappa shape index (κ1) is 14.1. The summed E-state index contributed by atoms with van der Waals surface area (Å²) < 4.78 is 1.04. The number of anilines is 1. The van der Waals surface area contributed by atoms with Crippen LogP contribution in [0.4, 0.5) is 5.69 Å². The van der Waals surface area contributed by atoms with Crippen LogP contribution in [0.5, 0.6) is 0 Å². The molecule has 6 heteroatoms. The zero-order valence-electron chi connectivity index (χ0n) is 10.4. The second-order valence-corrected chi connectivity index (χ2v) is 5.98. The molecule has 1 aromatic carbocycles. The summed E-state index contributed by atoms with van der Waals surface area (Å²) in [5, 5.41) is 14.8. The van der Waals surface area contributed by atoms with Gasteiger partial charge in [-0.1, -0.05) is 24.1 Å². The van der Waals surface area contributed by atoms with Gasteiger partial charge in [-0.05, 0) is 53.6 Å². The van der Waals surface area contributed by atoms with Crippen LogP contribution in [0.2, 0.25) is 0 Å². The molecule has 0 bridgehead atoms. The van der Waals surface area contributed by atoms with Crippen molar-refractivity contribution in [2.24, 2.45) is 16.3 Å². The molecule has 0 unspecified atom stereocenters. The van der Waals surface area contributed by atoms with Gasteiger partial charge >= 0.3 is 0 Å². The number of benzene rings is 1. The van der Waals surface area contributed by atoms with Gasteiger partial charge in [0.25, 0.3) is 0 Å². The van der Waals surface area contributed by atoms with E-state index in [-0.39, 0.29) is 11.7 Å². The lowest BCUT2D eigenvalue weighted by Gasteiger charge is -2.26. The lowest BCUT2D eigenvalue weighted by atomic mass is 9.83. The van der Waals surface area contributed by atoms with Gasteiger partial charge < -0.3 is 16.3 Å². The lowest BCUT2D eigenvalue weighted by Crippen LogP contribution is -2.45. The van der Waals surface area contributed by atoms with Crippen molar-refractivity contribution in [1.82, 2.24) is 0 Å². The van der Waals surface area contributed by atoms with Crippen molar-refractivity contribution in [3.8, 4) is 0 Å². The zero-order chi connectivity index (χ0) is 13.9. The van der Waals surface area contributed by atoms with Crippen LogP contribution < -0.4 is 11.1 Å². The first-order valence-electron chi connectivity index (χ1n) is 6.13. The van der Waals surface area contributed by atoms with Gasteiger partial charge in [-0.2, -0.15) is 0 Å². The number of halogens is 1. The molecule has 1 saturated carbocycles. The minimum atomic E-state index is -0.865. The van der Waals surface area contributed by atoms with E-state index in [0.717, 1.165) is 22.1 Å². The Morgan fingerprint density at radius 2 is 2.11 bits per heavy atom. The zero-order valence-corrected chi connectivity index (χ0v) is 12.6. The van der Waals surface area contributed by atoms with Crippen molar-refractivity contribution in [2.45, 2.75) is 25.7 Å². The number of amidine groups is 1. The molecule has 0 saturated heterocycles. The molecule has 1 aliphatic rings. The highest BCUT2D eigenvalue weighted by atomic mass is 127. The molecule has 0 atom stereocenters. The van der Waals surface area contributed by atoms with Gasteiger partial charge in [-0.25, -0.2) is 0 Å². The molecule has 0 spiro atoms. The van der Waals surface area contributed by atoms with E-state index in [9.17, 15) is 4.79 Å². The van der Waals surface area contributed by atoms with Gasteiger partial charge in [0.15, 0.2) is 5.84 Å². The number of hydrogen-bond acceptors (Lipinski definition) is 3. The Morgan fingerprint density at radius 1 is 1.42 bits per heavy atom. The van der Waals surface area contributed by atoms with Gasteiger partial charge in [0.05, 0.1) is 0 Å². The van der Waals surface area contributed by atoms with Gasteiger partial charge in [0.2, 0.25) is 5.91 Å². The monoisotopic (exact) mass is 373 g/mol. The third-order valence-electron chi connectivity index (χ3n) is 3.57. The largest absolute Gasteiger partial charge is 0.409 e. The van der Waals surface area contributed by atoms with Crippen LogP contribution in [-0.2, 0) is 4.79 Å². The normalized spacial score (nSPS) is 18.3. The number of carbonyl (C=O) groups is 1. The predicted molar refractivity (Wildman–Crippen MR) is 82.1 cm³/mol. The van der Waals surface area contributed by atoms with Gasteiger partial charge in [0.1, 0.15) is 5.41 Å². The Morgan fingerprint density at radius 3 is 2.68 bits per heavy atom. The highest BCUT2D eigenvalue weighted by Gasteiger charge is 2.45. The van der Waals surface area contributed by atoms with Gasteiger partial charge in [-0.3, -0.25) is 4.79 Å². The number of carbonyl (C=O) groups excluding carboxylic acids is 1. The molecule has 4 N–H and O–H groups in total. The summed E-state index contributed by atoms with van der Waals surface area (Å²) in [6.07, 6.45) is 3.07. The molecule has 0 aliphatic heterocycles. The topological polar surface area (TPSA) is 87.7 Å². The molecule has 1 aliphatic carbocycles. The first-order chi connectivity index (χ1) is 9.08. The summed E-state index contributed by atoms with van der Waals surface area (Å²) in [5.41, 5.74) is 5.60. The third kappa shape index (κ3) is 2.83. The molecular weight excluding hydrogens is 357 g/mol. The van der Waals surface area contributed by atoms with Crippen molar-refractivity contribution in [1.29, 1.82) is 0 Å². The van der Waals surface area contributed by atoms with Crippen molar-refractivity contribution in [3.05, 3.63) is 27.8 Å². The third-order valence-corrected chi connectivity index (χ3v) is 4.24. The quantitative estimate of drug-likeness (QED) is 0.250. The van der Waals surface area contributed by atoms with E-state index in [1.165, 1.54) is 0 Å². The molecule has 0 radical (unpaired) electrons. The standard InChI is InChI=1S/C13H16IN3O2/c14-9-4-3-5-10(8-9)16-12(18)13(11(15)17-19)6-1-2-7-13/h3-5,8,19H,1-2,6-7H2,(H2,15,17)(H,16,18). The Bertz CT molecular complexity index is 510. The van der Waals surface area contributed by atoms with E-state index in [1.807, 2.05) is 24.3 Å². The molecule has 19 heavy (non-hydrogen) atoms. The lowest BCUT2D eigenvalue weighted by molar-refractivity contribution is -0.122. The fraction of sp³-hybridized carbons (Fsp3) is 0.385. The van der Waals surface area contributed by atoms with Crippen molar-refractivity contribution in [2.75, 3.05) is 5.32 Å². The van der Waals surface area contributed by atoms with Crippen LogP contribution in [0, 0.1) is 8.99 Å². The van der Waals surface area contributed by atoms with Crippen LogP contribution in [0.1, 0.15) is 25.7 Å². The maximum atomic E-state index is 12.5. The number of hydrogen-bond donors (Lipinski definition) is 3. The van der Waals surface area contributed by atoms with E-state index in [0.29, 0.717) is 12.8 Å². The van der Waals surface area contributed by atoms with E-state index >= 15 is 0 Å². The minimum absolute atomic E-state index is 0.00753. The smallest absolute Gasteiger partial charge is 0.238 e. The highest BCUT2D eigenvalue weighted by Crippen LogP contribution is 2.39. The van der Waals surface area contributed by atoms with Crippen molar-refractivity contribution >= 4 is 40.0 Å². The molecular formula is C13H16IN3O2. The number of nitrogens with one attached hydrogen (secondary N) is 1. The maximum absolute atomic E-state index is 12.5. The summed E-state index contributed by atoms with van der Waals surface area (Å²) in [5.74, 6) is -0.185. The predicted octanol–water partition coefficient (Wildman–Crippen LogP) is 2.54. The second kappa shape index (κ2) is 5.77. The molecule has 0 aromatic heterocycles. The summed E-state index contributed by atoms with van der Waals surface area (Å²) in [6, 6.07) is 7.54. The maximum Gasteiger partial charge on any atom is 0.238 e. The molecule has 2 rings (SSSR count). The molecule has 1 fully saturated rings. The number of nitrogens with zero attached hydrogens (tertiary/aromatic N) is 1. The van der Waals surface area contributed by atoms with Crippen LogP contribution in [0.25, 0.3) is 0 Å². The van der Waals surface area contributed by atoms with Crippen molar-refractivity contribution in [3.63, 3.8) is 0 Å². The molecule has 0 heterocycles. The highest BCUT2D eigenvalue weighted by molar-refractivity contribution is 14.1. The van der Waals surface area contributed by atoms with Crippen LogP contribution in [0.15, 0.2) is 29.4 Å². The summed E-state index contributed by atoms with van der Waals surface area (Å²) in [6.45, 7) is 0. The average molecular weight is 373 g/mol. The average Bonchev–Trinajstić information content (AvgIpc) is 2.88. The fourth-order valence-electron chi connectivity index (χ4n) is 2.49. The SMILES string of the molecule is NC(=NO)C1(C(=O)Nc2cccc(I)c2)CCCC1. The number of amides is 1. The van der Waals surface area contributed by atoms with Gasteiger partial charge in [0, 0.05) is 9.26 Å². The van der Waals surface area contributed by atoms with E-state index in [2.05, 4.69) is 33.1 Å². The number of oxime groups is 1. The van der Waals surface area contributed by atoms with Gasteiger partial charge in [-0.15, -0.1) is 0 Å². The Labute approximate surface area is 125 Å². The fourth-order valence-corrected chi connectivity index (χ4v) is 3.03. The Balaban J connectivity index is 2.22. The summed E-state index contributed by atoms with van der Waals surface area (Å²) in [7, 11) is 0. The summed E-state index contributed by atoms with van der Waals surface area (Å²) >= 11 is 2.19. The molecule has 1 amide bonds. The molecule has 102 valence electrons. The van der Waals surface area contributed by atoms with Crippen LogP contribution in [-0.4, -0.2) is 17.0 Å². The summed E-state index contributed by atoms with van der Waals surface area (Å²) in [4.78, 5) is 12.5. The Hall–Kier alpha value is -1.31. The second-order valence-electron chi connectivity index (χ2n) is 4.74. The Kier molecular flexibility index (Phi) is 4.28. The van der Waals surface area contributed by atoms with Crippen LogP contribution >= 0.6 is 22.6 Å². The first-order valence-corrected chi connectivity index (χ1v) is 7.21. The van der Waals surface area contributed by atoms with E-state index in [4.69, 9.17) is 10.9 Å². The number of rotatable bonds is 3. The van der Waals surface area contributed by atoms with Crippen LogP contribution in [0.3, 0.4) is 0 Å². The molecule has 1 aromatic rings. The van der Waals surface area contributed by atoms with E-state index in [1.54, 1.807) is 0 Å². The molecule has 5 nitrogen and oxygen atoms in total. The van der Waals surface area contributed by atoms with Crippen molar-refractivity contribution < 1.29 is 10.0 Å². The van der Waals surface area contributed by atoms with E-state index < -0.39 is 5.41 Å².